The number of halogens is 2. The third kappa shape index (κ3) is 3.15. The molecule has 0 saturated carbocycles. The van der Waals surface area contributed by atoms with Gasteiger partial charge in [-0.3, -0.25) is 0 Å². The molecule has 1 aromatic heterocycles. The van der Waals surface area contributed by atoms with Crippen LogP contribution >= 0.6 is 27.5 Å². The van der Waals surface area contributed by atoms with E-state index in [-0.39, 0.29) is 5.38 Å². The Labute approximate surface area is 121 Å². The van der Waals surface area contributed by atoms with Crippen molar-refractivity contribution >= 4 is 44.1 Å². The molecular formula is C14H16BrClN2. The molecule has 96 valence electrons. The number of rotatable bonds is 4. The van der Waals surface area contributed by atoms with Crippen LogP contribution in [0.25, 0.3) is 10.8 Å². The average Bonchev–Trinajstić information content (AvgIpc) is 2.29. The van der Waals surface area contributed by atoms with Gasteiger partial charge in [-0.1, -0.05) is 28.1 Å². The van der Waals surface area contributed by atoms with Gasteiger partial charge in [-0.2, -0.15) is 0 Å². The number of nitrogens with one attached hydrogen (secondary N) is 1. The van der Waals surface area contributed by atoms with Gasteiger partial charge in [0.1, 0.15) is 5.82 Å². The van der Waals surface area contributed by atoms with Crippen LogP contribution in [0, 0.1) is 0 Å². The molecular weight excluding hydrogens is 312 g/mol. The van der Waals surface area contributed by atoms with Crippen LogP contribution in [0.4, 0.5) is 5.82 Å². The lowest BCUT2D eigenvalue weighted by Gasteiger charge is -2.17. The maximum absolute atomic E-state index is 6.01. The highest BCUT2D eigenvalue weighted by molar-refractivity contribution is 9.10. The maximum atomic E-state index is 6.01. The first-order valence-electron chi connectivity index (χ1n) is 6.01. The first-order chi connectivity index (χ1) is 8.58. The molecule has 18 heavy (non-hydrogen) atoms. The molecule has 0 amide bonds. The summed E-state index contributed by atoms with van der Waals surface area (Å²) < 4.78 is 1.09. The molecule has 0 aliphatic rings. The highest BCUT2D eigenvalue weighted by atomic mass is 79.9. The summed E-state index contributed by atoms with van der Waals surface area (Å²) in [5.41, 5.74) is 0. The van der Waals surface area contributed by atoms with Gasteiger partial charge >= 0.3 is 0 Å². The minimum atomic E-state index is 0.161. The van der Waals surface area contributed by atoms with Gasteiger partial charge in [0.15, 0.2) is 0 Å². The predicted octanol–water partition coefficient (Wildman–Crippen LogP) is 4.82. The molecule has 2 unspecified atom stereocenters. The van der Waals surface area contributed by atoms with E-state index in [0.717, 1.165) is 22.1 Å². The molecule has 2 atom stereocenters. The largest absolute Gasteiger partial charge is 0.367 e. The van der Waals surface area contributed by atoms with Crippen molar-refractivity contribution in [1.82, 2.24) is 4.98 Å². The van der Waals surface area contributed by atoms with Crippen molar-refractivity contribution in [2.75, 3.05) is 5.32 Å². The molecule has 0 radical (unpaired) electrons. The van der Waals surface area contributed by atoms with Crippen molar-refractivity contribution in [3.05, 3.63) is 34.9 Å². The van der Waals surface area contributed by atoms with E-state index in [1.807, 2.05) is 31.3 Å². The van der Waals surface area contributed by atoms with E-state index in [1.165, 1.54) is 5.39 Å². The van der Waals surface area contributed by atoms with Gasteiger partial charge in [0.25, 0.3) is 0 Å². The van der Waals surface area contributed by atoms with Crippen LogP contribution in [0.5, 0.6) is 0 Å². The minimum absolute atomic E-state index is 0.161. The molecule has 0 aliphatic carbocycles. The standard InChI is InChI=1S/C14H16BrClN2/c1-9(16)8-10(2)18-14-12-4-3-5-13(15)11(12)6-7-17-14/h3-7,9-10H,8H2,1-2H3,(H,17,18). The maximum Gasteiger partial charge on any atom is 0.134 e. The van der Waals surface area contributed by atoms with Crippen LogP contribution in [0.3, 0.4) is 0 Å². The quantitative estimate of drug-likeness (QED) is 0.815. The summed E-state index contributed by atoms with van der Waals surface area (Å²) in [6, 6.07) is 8.45. The number of pyridine rings is 1. The molecule has 2 nitrogen and oxygen atoms in total. The second-order valence-corrected chi connectivity index (χ2v) is 6.16. The number of benzene rings is 1. The Morgan fingerprint density at radius 2 is 2.06 bits per heavy atom. The lowest BCUT2D eigenvalue weighted by atomic mass is 10.1. The second-order valence-electron chi connectivity index (χ2n) is 4.56. The van der Waals surface area contributed by atoms with Gasteiger partial charge in [-0.05, 0) is 32.4 Å². The van der Waals surface area contributed by atoms with Gasteiger partial charge < -0.3 is 5.32 Å². The zero-order valence-corrected chi connectivity index (χ0v) is 12.8. The van der Waals surface area contributed by atoms with E-state index in [4.69, 9.17) is 11.6 Å². The van der Waals surface area contributed by atoms with Gasteiger partial charge in [-0.25, -0.2) is 4.98 Å². The zero-order chi connectivity index (χ0) is 13.1. The highest BCUT2D eigenvalue weighted by Crippen LogP contribution is 2.28. The third-order valence-electron chi connectivity index (χ3n) is 2.81. The molecule has 0 aliphatic heterocycles. The van der Waals surface area contributed by atoms with E-state index in [9.17, 15) is 0 Å². The number of fused-ring (bicyclic) bond motifs is 1. The van der Waals surface area contributed by atoms with Gasteiger partial charge in [-0.15, -0.1) is 11.6 Å². The summed E-state index contributed by atoms with van der Waals surface area (Å²) in [7, 11) is 0. The molecule has 0 spiro atoms. The van der Waals surface area contributed by atoms with Gasteiger partial charge in [0, 0.05) is 32.9 Å². The van der Waals surface area contributed by atoms with E-state index in [1.54, 1.807) is 0 Å². The normalized spacial score (nSPS) is 14.4. The van der Waals surface area contributed by atoms with Crippen LogP contribution in [0.1, 0.15) is 20.3 Å². The molecule has 0 bridgehead atoms. The first kappa shape index (κ1) is 13.6. The molecule has 0 fully saturated rings. The van der Waals surface area contributed by atoms with Crippen LogP contribution < -0.4 is 5.32 Å². The third-order valence-corrected chi connectivity index (χ3v) is 3.68. The fraction of sp³-hybridized carbons (Fsp3) is 0.357. The number of anilines is 1. The number of aromatic nitrogens is 1. The summed E-state index contributed by atoms with van der Waals surface area (Å²) >= 11 is 9.58. The molecule has 0 saturated heterocycles. The van der Waals surface area contributed by atoms with Crippen molar-refractivity contribution in [3.63, 3.8) is 0 Å². The molecule has 1 aromatic carbocycles. The molecule has 2 rings (SSSR count). The van der Waals surface area contributed by atoms with Crippen LogP contribution in [-0.2, 0) is 0 Å². The molecule has 4 heteroatoms. The van der Waals surface area contributed by atoms with Crippen LogP contribution in [0.2, 0.25) is 0 Å². The van der Waals surface area contributed by atoms with Crippen LogP contribution in [-0.4, -0.2) is 16.4 Å². The lowest BCUT2D eigenvalue weighted by Crippen LogP contribution is -2.19. The van der Waals surface area contributed by atoms with Crippen molar-refractivity contribution in [1.29, 1.82) is 0 Å². The van der Waals surface area contributed by atoms with Gasteiger partial charge in [0.2, 0.25) is 0 Å². The summed E-state index contributed by atoms with van der Waals surface area (Å²) in [4.78, 5) is 4.42. The molecule has 1 N–H and O–H groups in total. The highest BCUT2D eigenvalue weighted by Gasteiger charge is 2.09. The van der Waals surface area contributed by atoms with Crippen molar-refractivity contribution in [2.45, 2.75) is 31.7 Å². The van der Waals surface area contributed by atoms with E-state index >= 15 is 0 Å². The molecule has 1 heterocycles. The lowest BCUT2D eigenvalue weighted by molar-refractivity contribution is 0.694. The Morgan fingerprint density at radius 3 is 2.78 bits per heavy atom. The van der Waals surface area contributed by atoms with E-state index < -0.39 is 0 Å². The summed E-state index contributed by atoms with van der Waals surface area (Å²) in [6.45, 7) is 4.13. The van der Waals surface area contributed by atoms with Gasteiger partial charge in [0.05, 0.1) is 0 Å². The van der Waals surface area contributed by atoms with Crippen LogP contribution in [0.15, 0.2) is 34.9 Å². The van der Waals surface area contributed by atoms with Crippen molar-refractivity contribution in [3.8, 4) is 0 Å². The fourth-order valence-electron chi connectivity index (χ4n) is 2.06. The monoisotopic (exact) mass is 326 g/mol. The number of nitrogens with zero attached hydrogens (tertiary/aromatic N) is 1. The number of alkyl halides is 1. The summed E-state index contributed by atoms with van der Waals surface area (Å²) in [5, 5.41) is 5.88. The molecule has 2 aromatic rings. The summed E-state index contributed by atoms with van der Waals surface area (Å²) in [5.74, 6) is 0.915. The minimum Gasteiger partial charge on any atom is -0.367 e. The Balaban J connectivity index is 2.31. The van der Waals surface area contributed by atoms with Crippen molar-refractivity contribution < 1.29 is 0 Å². The first-order valence-corrected chi connectivity index (χ1v) is 7.24. The Morgan fingerprint density at radius 1 is 1.28 bits per heavy atom. The fourth-order valence-corrected chi connectivity index (χ4v) is 2.83. The predicted molar refractivity (Wildman–Crippen MR) is 82.5 cm³/mol. The number of hydrogen-bond acceptors (Lipinski definition) is 2. The van der Waals surface area contributed by atoms with Crippen molar-refractivity contribution in [2.24, 2.45) is 0 Å². The van der Waals surface area contributed by atoms with E-state index in [2.05, 4.69) is 39.2 Å². The summed E-state index contributed by atoms with van der Waals surface area (Å²) in [6.07, 6.45) is 2.74. The second kappa shape index (κ2) is 5.89. The Bertz CT molecular complexity index is 542. The SMILES string of the molecule is CC(Cl)CC(C)Nc1nccc2c(Br)cccc12. The topological polar surface area (TPSA) is 24.9 Å². The van der Waals surface area contributed by atoms with E-state index in [0.29, 0.717) is 6.04 Å². The smallest absolute Gasteiger partial charge is 0.134 e. The Kier molecular flexibility index (Phi) is 4.46. The zero-order valence-electron chi connectivity index (χ0n) is 10.5. The number of hydrogen-bond donors (Lipinski definition) is 1. The Hall–Kier alpha value is -0.800. The average molecular weight is 328 g/mol.